The van der Waals surface area contributed by atoms with Gasteiger partial charge in [0.2, 0.25) is 0 Å². The minimum absolute atomic E-state index is 0.880. The Balaban J connectivity index is 1.99. The molecule has 0 aliphatic heterocycles. The number of hydrogen-bond donors (Lipinski definition) is 1. The molecule has 1 saturated carbocycles. The molecule has 0 bridgehead atoms. The predicted molar refractivity (Wildman–Crippen MR) is 35.9 cm³/mol. The van der Waals surface area contributed by atoms with E-state index in [2.05, 4.69) is 19.2 Å². The van der Waals surface area contributed by atoms with Crippen molar-refractivity contribution < 1.29 is 0 Å². The summed E-state index contributed by atoms with van der Waals surface area (Å²) in [4.78, 5) is 0. The molecular weight excluding hydrogens is 98.1 g/mol. The topological polar surface area (TPSA) is 12.0 Å². The molecule has 1 N–H and O–H groups in total. The molecule has 8 heavy (non-hydrogen) atoms. The molecule has 0 radical (unpaired) electrons. The van der Waals surface area contributed by atoms with Gasteiger partial charge in [-0.2, -0.15) is 0 Å². The van der Waals surface area contributed by atoms with E-state index in [1.807, 2.05) is 0 Å². The fraction of sp³-hybridized carbons (Fsp3) is 1.00. The van der Waals surface area contributed by atoms with E-state index in [0.29, 0.717) is 0 Å². The molecule has 0 aromatic carbocycles. The highest BCUT2D eigenvalue weighted by Crippen LogP contribution is 2.32. The predicted octanol–water partition coefficient (Wildman–Crippen LogP) is 1.39. The largest absolute Gasteiger partial charge is 0.314 e. The van der Waals surface area contributed by atoms with Crippen LogP contribution in [-0.4, -0.2) is 12.6 Å². The summed E-state index contributed by atoms with van der Waals surface area (Å²) in [7, 11) is 0. The highest BCUT2D eigenvalue weighted by atomic mass is 15.0. The third-order valence-electron chi connectivity index (χ3n) is 1.91. The number of rotatable bonds is 3. The van der Waals surface area contributed by atoms with E-state index in [4.69, 9.17) is 0 Å². The van der Waals surface area contributed by atoms with Crippen molar-refractivity contribution in [2.45, 2.75) is 32.7 Å². The highest BCUT2D eigenvalue weighted by molar-refractivity contribution is 4.91. The van der Waals surface area contributed by atoms with Crippen molar-refractivity contribution in [3.8, 4) is 0 Å². The van der Waals surface area contributed by atoms with Crippen LogP contribution in [0.5, 0.6) is 0 Å². The van der Waals surface area contributed by atoms with Crippen LogP contribution in [-0.2, 0) is 0 Å². The van der Waals surface area contributed by atoms with Crippen molar-refractivity contribution in [1.29, 1.82) is 0 Å². The lowest BCUT2D eigenvalue weighted by atomic mass is 10.3. The minimum Gasteiger partial charge on any atom is -0.314 e. The standard InChI is InChI=1S/C7H15N/c1-3-6-5-7(6)8-4-2/h6-8H,3-5H2,1-2H3/t6-,7+/m0/s1. The van der Waals surface area contributed by atoms with Crippen LogP contribution in [0.1, 0.15) is 26.7 Å². The molecule has 1 aliphatic rings. The van der Waals surface area contributed by atoms with E-state index in [1.165, 1.54) is 12.8 Å². The molecule has 2 atom stereocenters. The van der Waals surface area contributed by atoms with E-state index in [-0.39, 0.29) is 0 Å². The van der Waals surface area contributed by atoms with Gasteiger partial charge in [-0.3, -0.25) is 0 Å². The SMILES string of the molecule is CCN[C@@H]1C[C@@H]1CC. The fourth-order valence-corrected chi connectivity index (χ4v) is 1.21. The second-order valence-electron chi connectivity index (χ2n) is 2.57. The summed E-state index contributed by atoms with van der Waals surface area (Å²) in [5.74, 6) is 1.01. The molecule has 1 rings (SSSR count). The molecule has 0 aromatic heterocycles. The lowest BCUT2D eigenvalue weighted by Crippen LogP contribution is -2.16. The zero-order valence-corrected chi connectivity index (χ0v) is 5.78. The Morgan fingerprint density at radius 2 is 2.25 bits per heavy atom. The van der Waals surface area contributed by atoms with Gasteiger partial charge >= 0.3 is 0 Å². The number of nitrogens with one attached hydrogen (secondary N) is 1. The first-order valence-corrected chi connectivity index (χ1v) is 3.61. The van der Waals surface area contributed by atoms with Crippen LogP contribution in [0.15, 0.2) is 0 Å². The van der Waals surface area contributed by atoms with Crippen molar-refractivity contribution in [3.05, 3.63) is 0 Å². The van der Waals surface area contributed by atoms with E-state index < -0.39 is 0 Å². The molecule has 1 aliphatic carbocycles. The van der Waals surface area contributed by atoms with Crippen LogP contribution in [0.4, 0.5) is 0 Å². The third-order valence-corrected chi connectivity index (χ3v) is 1.91. The average molecular weight is 113 g/mol. The molecule has 0 unspecified atom stereocenters. The molecule has 1 heteroatoms. The van der Waals surface area contributed by atoms with E-state index in [0.717, 1.165) is 18.5 Å². The monoisotopic (exact) mass is 113 g/mol. The van der Waals surface area contributed by atoms with Crippen molar-refractivity contribution in [3.63, 3.8) is 0 Å². The van der Waals surface area contributed by atoms with Crippen molar-refractivity contribution in [2.24, 2.45) is 5.92 Å². The van der Waals surface area contributed by atoms with Gasteiger partial charge in [-0.15, -0.1) is 0 Å². The van der Waals surface area contributed by atoms with Crippen LogP contribution in [0.25, 0.3) is 0 Å². The first-order chi connectivity index (χ1) is 3.88. The molecule has 1 fully saturated rings. The third kappa shape index (κ3) is 1.22. The van der Waals surface area contributed by atoms with Gasteiger partial charge in [-0.1, -0.05) is 20.3 Å². The van der Waals surface area contributed by atoms with Gasteiger partial charge in [-0.25, -0.2) is 0 Å². The second-order valence-corrected chi connectivity index (χ2v) is 2.57. The van der Waals surface area contributed by atoms with Gasteiger partial charge in [0.1, 0.15) is 0 Å². The molecule has 0 saturated heterocycles. The molecule has 1 nitrogen and oxygen atoms in total. The summed E-state index contributed by atoms with van der Waals surface area (Å²) in [5, 5.41) is 3.42. The summed E-state index contributed by atoms with van der Waals surface area (Å²) in [6.45, 7) is 5.58. The first kappa shape index (κ1) is 6.09. The van der Waals surface area contributed by atoms with Gasteiger partial charge in [0.25, 0.3) is 0 Å². The van der Waals surface area contributed by atoms with Gasteiger partial charge in [0.15, 0.2) is 0 Å². The van der Waals surface area contributed by atoms with Crippen LogP contribution in [0.3, 0.4) is 0 Å². The van der Waals surface area contributed by atoms with Crippen molar-refractivity contribution in [1.82, 2.24) is 5.32 Å². The molecule has 0 aromatic rings. The summed E-state index contributed by atoms with van der Waals surface area (Å²) in [6, 6.07) is 0.880. The summed E-state index contributed by atoms with van der Waals surface area (Å²) < 4.78 is 0. The zero-order valence-electron chi connectivity index (χ0n) is 5.78. The fourth-order valence-electron chi connectivity index (χ4n) is 1.21. The van der Waals surface area contributed by atoms with Crippen LogP contribution in [0.2, 0.25) is 0 Å². The molecule has 0 heterocycles. The molecule has 48 valence electrons. The summed E-state index contributed by atoms with van der Waals surface area (Å²) >= 11 is 0. The van der Waals surface area contributed by atoms with Gasteiger partial charge in [0.05, 0.1) is 0 Å². The van der Waals surface area contributed by atoms with E-state index >= 15 is 0 Å². The molecule has 0 spiro atoms. The maximum Gasteiger partial charge on any atom is 0.00989 e. The van der Waals surface area contributed by atoms with Gasteiger partial charge in [-0.05, 0) is 18.9 Å². The van der Waals surface area contributed by atoms with Crippen molar-refractivity contribution in [2.75, 3.05) is 6.54 Å². The van der Waals surface area contributed by atoms with E-state index in [9.17, 15) is 0 Å². The Morgan fingerprint density at radius 1 is 1.50 bits per heavy atom. The quantitative estimate of drug-likeness (QED) is 0.583. The van der Waals surface area contributed by atoms with Crippen molar-refractivity contribution >= 4 is 0 Å². The highest BCUT2D eigenvalue weighted by Gasteiger charge is 2.33. The average Bonchev–Trinajstić information content (AvgIpc) is 2.48. The van der Waals surface area contributed by atoms with Crippen LogP contribution >= 0.6 is 0 Å². The summed E-state index contributed by atoms with van der Waals surface area (Å²) in [6.07, 6.45) is 2.78. The van der Waals surface area contributed by atoms with Gasteiger partial charge in [0, 0.05) is 6.04 Å². The first-order valence-electron chi connectivity index (χ1n) is 3.61. The molecule has 0 amide bonds. The summed E-state index contributed by atoms with van der Waals surface area (Å²) in [5.41, 5.74) is 0. The normalized spacial score (nSPS) is 35.2. The lowest BCUT2D eigenvalue weighted by molar-refractivity contribution is 0.644. The Morgan fingerprint density at radius 3 is 2.62 bits per heavy atom. The number of hydrogen-bond acceptors (Lipinski definition) is 1. The van der Waals surface area contributed by atoms with E-state index in [1.54, 1.807) is 0 Å². The van der Waals surface area contributed by atoms with Crippen LogP contribution < -0.4 is 5.32 Å². The Labute approximate surface area is 51.5 Å². The smallest absolute Gasteiger partial charge is 0.00989 e. The molecular formula is C7H15N. The van der Waals surface area contributed by atoms with Crippen LogP contribution in [0, 0.1) is 5.92 Å². The second kappa shape index (κ2) is 2.49. The Kier molecular flexibility index (Phi) is 1.90. The zero-order chi connectivity index (χ0) is 5.98. The maximum atomic E-state index is 3.42. The lowest BCUT2D eigenvalue weighted by Gasteiger charge is -1.94. The maximum absolute atomic E-state index is 3.42. The van der Waals surface area contributed by atoms with Gasteiger partial charge < -0.3 is 5.32 Å². The Hall–Kier alpha value is -0.0400. The minimum atomic E-state index is 0.880. The Bertz CT molecular complexity index is 70.8.